The highest BCUT2D eigenvalue weighted by Gasteiger charge is 1.98. The molecule has 2 aromatic rings. The molecule has 0 aliphatic carbocycles. The van der Waals surface area contributed by atoms with Gasteiger partial charge >= 0.3 is 0 Å². The number of aromatic nitrogens is 2. The second kappa shape index (κ2) is 5.50. The highest BCUT2D eigenvalue weighted by atomic mass is 16.5. The zero-order valence-corrected chi connectivity index (χ0v) is 10.2. The van der Waals surface area contributed by atoms with Crippen LogP contribution in [0, 0.1) is 0 Å². The highest BCUT2D eigenvalue weighted by Crippen LogP contribution is 2.13. The molecule has 4 nitrogen and oxygen atoms in total. The molecule has 1 N–H and O–H groups in total. The average Bonchev–Trinajstić information content (AvgIpc) is 2.75. The van der Waals surface area contributed by atoms with Crippen molar-refractivity contribution in [3.05, 3.63) is 47.8 Å². The molecule has 1 aromatic heterocycles. The zero-order valence-electron chi connectivity index (χ0n) is 10.2. The second-order valence-electron chi connectivity index (χ2n) is 3.99. The number of benzene rings is 1. The fourth-order valence-electron chi connectivity index (χ4n) is 1.62. The van der Waals surface area contributed by atoms with Crippen LogP contribution < -0.4 is 10.1 Å². The van der Waals surface area contributed by atoms with E-state index in [1.807, 2.05) is 38.6 Å². The largest absolute Gasteiger partial charge is 0.489 e. The van der Waals surface area contributed by atoms with Crippen molar-refractivity contribution in [1.29, 1.82) is 0 Å². The van der Waals surface area contributed by atoms with E-state index in [4.69, 9.17) is 4.74 Å². The van der Waals surface area contributed by atoms with Gasteiger partial charge < -0.3 is 10.1 Å². The number of ether oxygens (including phenoxy) is 1. The minimum absolute atomic E-state index is 0.555. The first-order chi connectivity index (χ1) is 8.28. The number of rotatable bonds is 5. The highest BCUT2D eigenvalue weighted by molar-refractivity contribution is 5.27. The molecule has 0 amide bonds. The predicted molar refractivity (Wildman–Crippen MR) is 66.7 cm³/mol. The van der Waals surface area contributed by atoms with E-state index in [9.17, 15) is 0 Å². The Morgan fingerprint density at radius 1 is 1.24 bits per heavy atom. The lowest BCUT2D eigenvalue weighted by Crippen LogP contribution is -2.04. The monoisotopic (exact) mass is 231 g/mol. The van der Waals surface area contributed by atoms with Gasteiger partial charge in [-0.2, -0.15) is 5.10 Å². The maximum absolute atomic E-state index is 5.66. The lowest BCUT2D eigenvalue weighted by molar-refractivity contribution is 0.306. The normalized spacial score (nSPS) is 10.5. The third-order valence-corrected chi connectivity index (χ3v) is 2.47. The van der Waals surface area contributed by atoms with Crippen molar-refractivity contribution < 1.29 is 4.74 Å². The lowest BCUT2D eigenvalue weighted by Gasteiger charge is -2.05. The summed E-state index contributed by atoms with van der Waals surface area (Å²) in [5, 5.41) is 7.21. The van der Waals surface area contributed by atoms with Gasteiger partial charge in [0, 0.05) is 25.4 Å². The van der Waals surface area contributed by atoms with Gasteiger partial charge in [0.1, 0.15) is 12.4 Å². The summed E-state index contributed by atoms with van der Waals surface area (Å²) in [7, 11) is 3.84. The topological polar surface area (TPSA) is 39.1 Å². The van der Waals surface area contributed by atoms with Crippen molar-refractivity contribution in [3.63, 3.8) is 0 Å². The first-order valence-corrected chi connectivity index (χ1v) is 5.62. The van der Waals surface area contributed by atoms with Crippen LogP contribution in [0.25, 0.3) is 0 Å². The Hall–Kier alpha value is -1.81. The maximum Gasteiger partial charge on any atom is 0.119 e. The Morgan fingerprint density at radius 2 is 2.00 bits per heavy atom. The number of hydrogen-bond acceptors (Lipinski definition) is 3. The van der Waals surface area contributed by atoms with Crippen LogP contribution in [0.5, 0.6) is 5.75 Å². The van der Waals surface area contributed by atoms with Crippen molar-refractivity contribution >= 4 is 0 Å². The Kier molecular flexibility index (Phi) is 3.77. The van der Waals surface area contributed by atoms with Gasteiger partial charge in [-0.05, 0) is 24.7 Å². The zero-order chi connectivity index (χ0) is 12.1. The average molecular weight is 231 g/mol. The van der Waals surface area contributed by atoms with Gasteiger partial charge in [-0.1, -0.05) is 12.1 Å². The fraction of sp³-hybridized carbons (Fsp3) is 0.308. The van der Waals surface area contributed by atoms with Gasteiger partial charge in [-0.3, -0.25) is 4.68 Å². The third kappa shape index (κ3) is 3.32. The predicted octanol–water partition coefficient (Wildman–Crippen LogP) is 1.72. The van der Waals surface area contributed by atoms with E-state index in [1.54, 1.807) is 4.68 Å². The van der Waals surface area contributed by atoms with Gasteiger partial charge in [-0.15, -0.1) is 0 Å². The van der Waals surface area contributed by atoms with Gasteiger partial charge in [-0.25, -0.2) is 0 Å². The summed E-state index contributed by atoms with van der Waals surface area (Å²) in [6.45, 7) is 1.43. The molecule has 4 heteroatoms. The number of nitrogens with zero attached hydrogens (tertiary/aromatic N) is 2. The molecular formula is C13H17N3O. The van der Waals surface area contributed by atoms with Crippen LogP contribution in [0.15, 0.2) is 36.7 Å². The summed E-state index contributed by atoms with van der Waals surface area (Å²) in [5.41, 5.74) is 2.33. The van der Waals surface area contributed by atoms with E-state index in [0.717, 1.165) is 17.9 Å². The van der Waals surface area contributed by atoms with Crippen molar-refractivity contribution in [2.45, 2.75) is 13.2 Å². The summed E-state index contributed by atoms with van der Waals surface area (Å²) >= 11 is 0. The summed E-state index contributed by atoms with van der Waals surface area (Å²) in [4.78, 5) is 0. The molecule has 0 atom stereocenters. The van der Waals surface area contributed by atoms with Crippen molar-refractivity contribution in [2.24, 2.45) is 7.05 Å². The van der Waals surface area contributed by atoms with E-state index >= 15 is 0 Å². The SMILES string of the molecule is CNCc1ccc(OCc2cnn(C)c2)cc1. The van der Waals surface area contributed by atoms with Gasteiger partial charge in [0.15, 0.2) is 0 Å². The van der Waals surface area contributed by atoms with Crippen molar-refractivity contribution in [2.75, 3.05) is 7.05 Å². The van der Waals surface area contributed by atoms with E-state index < -0.39 is 0 Å². The first kappa shape index (κ1) is 11.7. The molecule has 0 spiro atoms. The van der Waals surface area contributed by atoms with Crippen LogP contribution in [0.4, 0.5) is 0 Å². The molecule has 90 valence electrons. The fourth-order valence-corrected chi connectivity index (χ4v) is 1.62. The first-order valence-electron chi connectivity index (χ1n) is 5.62. The molecule has 0 aliphatic heterocycles. The lowest BCUT2D eigenvalue weighted by atomic mass is 10.2. The van der Waals surface area contributed by atoms with Crippen LogP contribution in [-0.4, -0.2) is 16.8 Å². The summed E-state index contributed by atoms with van der Waals surface area (Å²) in [6.07, 6.45) is 3.77. The van der Waals surface area contributed by atoms with Crippen LogP contribution in [0.3, 0.4) is 0 Å². The molecule has 0 radical (unpaired) electrons. The Morgan fingerprint density at radius 3 is 2.59 bits per heavy atom. The van der Waals surface area contributed by atoms with E-state index in [0.29, 0.717) is 6.61 Å². The van der Waals surface area contributed by atoms with Crippen LogP contribution in [-0.2, 0) is 20.2 Å². The van der Waals surface area contributed by atoms with Crippen LogP contribution >= 0.6 is 0 Å². The van der Waals surface area contributed by atoms with Gasteiger partial charge in [0.05, 0.1) is 6.20 Å². The molecule has 1 aromatic carbocycles. The van der Waals surface area contributed by atoms with Gasteiger partial charge in [0.2, 0.25) is 0 Å². The third-order valence-electron chi connectivity index (χ3n) is 2.47. The maximum atomic E-state index is 5.66. The van der Waals surface area contributed by atoms with E-state index in [1.165, 1.54) is 5.56 Å². The Bertz CT molecular complexity index is 462. The van der Waals surface area contributed by atoms with E-state index in [2.05, 4.69) is 22.5 Å². The molecule has 17 heavy (non-hydrogen) atoms. The Balaban J connectivity index is 1.90. The molecule has 0 bridgehead atoms. The minimum atomic E-state index is 0.555. The van der Waals surface area contributed by atoms with Gasteiger partial charge in [0.25, 0.3) is 0 Å². The standard InChI is InChI=1S/C13H17N3O/c1-14-7-11-3-5-13(6-4-11)17-10-12-8-15-16(2)9-12/h3-6,8-9,14H,7,10H2,1-2H3. The smallest absolute Gasteiger partial charge is 0.119 e. The summed E-state index contributed by atoms with van der Waals surface area (Å²) in [5.74, 6) is 0.883. The number of hydrogen-bond donors (Lipinski definition) is 1. The number of nitrogens with one attached hydrogen (secondary N) is 1. The summed E-state index contributed by atoms with van der Waals surface area (Å²) in [6, 6.07) is 8.11. The van der Waals surface area contributed by atoms with Crippen LogP contribution in [0.2, 0.25) is 0 Å². The summed E-state index contributed by atoms with van der Waals surface area (Å²) < 4.78 is 7.44. The minimum Gasteiger partial charge on any atom is -0.489 e. The number of aryl methyl sites for hydroxylation is 1. The molecule has 0 saturated carbocycles. The van der Waals surface area contributed by atoms with E-state index in [-0.39, 0.29) is 0 Å². The van der Waals surface area contributed by atoms with Crippen LogP contribution in [0.1, 0.15) is 11.1 Å². The molecule has 0 unspecified atom stereocenters. The van der Waals surface area contributed by atoms with Crippen molar-refractivity contribution in [1.82, 2.24) is 15.1 Å². The molecule has 1 heterocycles. The molecule has 0 saturated heterocycles. The second-order valence-corrected chi connectivity index (χ2v) is 3.99. The molecule has 2 rings (SSSR count). The quantitative estimate of drug-likeness (QED) is 0.851. The molecular weight excluding hydrogens is 214 g/mol. The molecule has 0 fully saturated rings. The molecule has 0 aliphatic rings. The Labute approximate surface area is 101 Å². The van der Waals surface area contributed by atoms with Crippen molar-refractivity contribution in [3.8, 4) is 5.75 Å².